The SMILES string of the molecule is Cc1cc(C)c(C=C2NC(=O)N(Cc3ccc(Cl)cc3)C2=O)c(C)c1. The van der Waals surface area contributed by atoms with Crippen LogP contribution in [0.3, 0.4) is 0 Å². The summed E-state index contributed by atoms with van der Waals surface area (Å²) in [5, 5.41) is 3.29. The van der Waals surface area contributed by atoms with Gasteiger partial charge in [0.15, 0.2) is 0 Å². The van der Waals surface area contributed by atoms with Crippen LogP contribution < -0.4 is 5.32 Å². The van der Waals surface area contributed by atoms with Gasteiger partial charge in [-0.05, 0) is 61.2 Å². The van der Waals surface area contributed by atoms with Gasteiger partial charge in [-0.15, -0.1) is 0 Å². The molecule has 1 aliphatic heterocycles. The molecule has 128 valence electrons. The van der Waals surface area contributed by atoms with E-state index < -0.39 is 6.03 Å². The molecule has 1 heterocycles. The van der Waals surface area contributed by atoms with Crippen molar-refractivity contribution >= 4 is 29.6 Å². The number of carbonyl (C=O) groups is 2. The minimum absolute atomic E-state index is 0.213. The molecule has 0 saturated carbocycles. The standard InChI is InChI=1S/C20H19ClN2O2/c1-12-8-13(2)17(14(3)9-12)10-18-19(24)23(20(25)22-18)11-15-4-6-16(21)7-5-15/h4-10H,11H2,1-3H3,(H,22,25). The Bertz CT molecular complexity index is 862. The number of rotatable bonds is 3. The molecule has 0 aromatic heterocycles. The largest absolute Gasteiger partial charge is 0.329 e. The van der Waals surface area contributed by atoms with E-state index in [4.69, 9.17) is 11.6 Å². The third-order valence-electron chi connectivity index (χ3n) is 4.24. The number of urea groups is 1. The molecule has 0 spiro atoms. The van der Waals surface area contributed by atoms with Crippen LogP contribution in [0.15, 0.2) is 42.1 Å². The molecule has 3 amide bonds. The van der Waals surface area contributed by atoms with Gasteiger partial charge < -0.3 is 5.32 Å². The molecule has 1 fully saturated rings. The van der Waals surface area contributed by atoms with Crippen molar-refractivity contribution in [3.05, 3.63) is 74.9 Å². The fourth-order valence-corrected chi connectivity index (χ4v) is 3.18. The fraction of sp³-hybridized carbons (Fsp3) is 0.200. The summed E-state index contributed by atoms with van der Waals surface area (Å²) in [6.07, 6.45) is 1.76. The highest BCUT2D eigenvalue weighted by atomic mass is 35.5. The van der Waals surface area contributed by atoms with E-state index in [1.165, 1.54) is 10.5 Å². The summed E-state index contributed by atoms with van der Waals surface area (Å²) < 4.78 is 0. The van der Waals surface area contributed by atoms with Crippen LogP contribution in [0.5, 0.6) is 0 Å². The fourth-order valence-electron chi connectivity index (χ4n) is 3.05. The second kappa shape index (κ2) is 6.73. The maximum Gasteiger partial charge on any atom is 0.329 e. The number of carbonyl (C=O) groups excluding carboxylic acids is 2. The zero-order valence-electron chi connectivity index (χ0n) is 14.4. The average Bonchev–Trinajstić information content (AvgIpc) is 2.80. The summed E-state index contributed by atoms with van der Waals surface area (Å²) >= 11 is 5.87. The van der Waals surface area contributed by atoms with Crippen LogP contribution in [0.1, 0.15) is 27.8 Å². The normalized spacial score (nSPS) is 15.8. The molecule has 3 rings (SSSR count). The van der Waals surface area contributed by atoms with E-state index in [2.05, 4.69) is 17.4 Å². The Morgan fingerprint density at radius 1 is 1.04 bits per heavy atom. The van der Waals surface area contributed by atoms with Gasteiger partial charge in [-0.2, -0.15) is 0 Å². The first-order chi connectivity index (χ1) is 11.8. The van der Waals surface area contributed by atoms with Crippen LogP contribution in [0.4, 0.5) is 4.79 Å². The van der Waals surface area contributed by atoms with Gasteiger partial charge in [-0.25, -0.2) is 4.79 Å². The van der Waals surface area contributed by atoms with E-state index in [1.54, 1.807) is 30.3 Å². The Morgan fingerprint density at radius 3 is 2.24 bits per heavy atom. The van der Waals surface area contributed by atoms with Crippen LogP contribution in [-0.2, 0) is 11.3 Å². The topological polar surface area (TPSA) is 49.4 Å². The van der Waals surface area contributed by atoms with Crippen LogP contribution in [0.25, 0.3) is 6.08 Å². The summed E-state index contributed by atoms with van der Waals surface area (Å²) in [6, 6.07) is 10.8. The molecule has 4 nitrogen and oxygen atoms in total. The Kier molecular flexibility index (Phi) is 4.64. The molecule has 0 unspecified atom stereocenters. The number of amides is 3. The molecule has 5 heteroatoms. The van der Waals surface area contributed by atoms with Crippen LogP contribution in [0.2, 0.25) is 5.02 Å². The second-order valence-corrected chi connectivity index (χ2v) is 6.75. The van der Waals surface area contributed by atoms with Crippen molar-refractivity contribution < 1.29 is 9.59 Å². The molecule has 0 bridgehead atoms. The van der Waals surface area contributed by atoms with E-state index in [0.29, 0.717) is 10.7 Å². The number of halogens is 1. The molecular formula is C20H19ClN2O2. The van der Waals surface area contributed by atoms with Crippen molar-refractivity contribution in [1.82, 2.24) is 10.2 Å². The molecule has 25 heavy (non-hydrogen) atoms. The van der Waals surface area contributed by atoms with Crippen LogP contribution >= 0.6 is 11.6 Å². The van der Waals surface area contributed by atoms with E-state index in [1.807, 2.05) is 20.8 Å². The Balaban J connectivity index is 1.87. The van der Waals surface area contributed by atoms with Gasteiger partial charge in [0.2, 0.25) is 0 Å². The first-order valence-electron chi connectivity index (χ1n) is 8.02. The average molecular weight is 355 g/mol. The van der Waals surface area contributed by atoms with Gasteiger partial charge in [-0.1, -0.05) is 41.4 Å². The predicted octanol–water partition coefficient (Wildman–Crippen LogP) is 4.36. The van der Waals surface area contributed by atoms with Crippen molar-refractivity contribution in [2.24, 2.45) is 0 Å². The van der Waals surface area contributed by atoms with Crippen molar-refractivity contribution in [2.45, 2.75) is 27.3 Å². The lowest BCUT2D eigenvalue weighted by Gasteiger charge is -2.12. The monoisotopic (exact) mass is 354 g/mol. The summed E-state index contributed by atoms with van der Waals surface area (Å²) in [5.74, 6) is -0.320. The summed E-state index contributed by atoms with van der Waals surface area (Å²) in [7, 11) is 0. The highest BCUT2D eigenvalue weighted by Crippen LogP contribution is 2.22. The van der Waals surface area contributed by atoms with Gasteiger partial charge in [0.1, 0.15) is 5.70 Å². The number of aryl methyl sites for hydroxylation is 3. The second-order valence-electron chi connectivity index (χ2n) is 6.32. The zero-order valence-corrected chi connectivity index (χ0v) is 15.1. The van der Waals surface area contributed by atoms with E-state index >= 15 is 0 Å². The van der Waals surface area contributed by atoms with Gasteiger partial charge in [0.25, 0.3) is 5.91 Å². The first-order valence-corrected chi connectivity index (χ1v) is 8.40. The molecule has 0 atom stereocenters. The molecule has 2 aromatic rings. The Morgan fingerprint density at radius 2 is 1.64 bits per heavy atom. The summed E-state index contributed by atoms with van der Waals surface area (Å²) in [4.78, 5) is 26.0. The quantitative estimate of drug-likeness (QED) is 0.657. The number of imide groups is 1. The van der Waals surface area contributed by atoms with Crippen LogP contribution in [-0.4, -0.2) is 16.8 Å². The number of nitrogens with one attached hydrogen (secondary N) is 1. The van der Waals surface area contributed by atoms with Crippen molar-refractivity contribution in [1.29, 1.82) is 0 Å². The lowest BCUT2D eigenvalue weighted by molar-refractivity contribution is -0.123. The molecule has 1 N–H and O–H groups in total. The number of nitrogens with zero attached hydrogens (tertiary/aromatic N) is 1. The summed E-state index contributed by atoms with van der Waals surface area (Å²) in [5.41, 5.74) is 5.42. The predicted molar refractivity (Wildman–Crippen MR) is 99.2 cm³/mol. The summed E-state index contributed by atoms with van der Waals surface area (Å²) in [6.45, 7) is 6.25. The number of hydrogen-bond acceptors (Lipinski definition) is 2. The third kappa shape index (κ3) is 3.59. The molecule has 1 saturated heterocycles. The van der Waals surface area contributed by atoms with E-state index in [9.17, 15) is 9.59 Å². The lowest BCUT2D eigenvalue weighted by atomic mass is 9.99. The Labute approximate surface area is 152 Å². The highest BCUT2D eigenvalue weighted by Gasteiger charge is 2.33. The minimum atomic E-state index is -0.409. The lowest BCUT2D eigenvalue weighted by Crippen LogP contribution is -2.30. The van der Waals surface area contributed by atoms with Crippen molar-refractivity contribution in [3.8, 4) is 0 Å². The molecule has 1 aliphatic rings. The van der Waals surface area contributed by atoms with Gasteiger partial charge in [-0.3, -0.25) is 9.69 Å². The van der Waals surface area contributed by atoms with Crippen molar-refractivity contribution in [3.63, 3.8) is 0 Å². The van der Waals surface area contributed by atoms with E-state index in [-0.39, 0.29) is 12.5 Å². The molecular weight excluding hydrogens is 336 g/mol. The number of benzene rings is 2. The number of hydrogen-bond donors (Lipinski definition) is 1. The van der Waals surface area contributed by atoms with Crippen molar-refractivity contribution in [2.75, 3.05) is 0 Å². The molecule has 0 aliphatic carbocycles. The highest BCUT2D eigenvalue weighted by molar-refractivity contribution is 6.30. The smallest absolute Gasteiger partial charge is 0.303 e. The third-order valence-corrected chi connectivity index (χ3v) is 4.49. The zero-order chi connectivity index (χ0) is 18.1. The van der Waals surface area contributed by atoms with Crippen LogP contribution in [0, 0.1) is 20.8 Å². The minimum Gasteiger partial charge on any atom is -0.303 e. The Hall–Kier alpha value is -2.59. The van der Waals surface area contributed by atoms with Gasteiger partial charge in [0, 0.05) is 5.02 Å². The molecule has 2 aromatic carbocycles. The maximum absolute atomic E-state index is 12.6. The molecule has 0 radical (unpaired) electrons. The van der Waals surface area contributed by atoms with E-state index in [0.717, 1.165) is 22.3 Å². The van der Waals surface area contributed by atoms with Gasteiger partial charge in [0.05, 0.1) is 6.54 Å². The first kappa shape index (κ1) is 17.2. The van der Waals surface area contributed by atoms with Gasteiger partial charge >= 0.3 is 6.03 Å². The maximum atomic E-state index is 12.6.